The van der Waals surface area contributed by atoms with Gasteiger partial charge >= 0.3 is 0 Å². The van der Waals surface area contributed by atoms with Crippen LogP contribution in [-0.2, 0) is 10.0 Å². The van der Waals surface area contributed by atoms with Gasteiger partial charge < -0.3 is 10.8 Å². The van der Waals surface area contributed by atoms with Crippen molar-refractivity contribution in [3.05, 3.63) is 18.3 Å². The van der Waals surface area contributed by atoms with Crippen molar-refractivity contribution in [3.63, 3.8) is 0 Å². The fourth-order valence-electron chi connectivity index (χ4n) is 1.98. The first kappa shape index (κ1) is 13.3. The Balaban J connectivity index is 2.22. The minimum Gasteiger partial charge on any atom is -0.392 e. The van der Waals surface area contributed by atoms with Crippen molar-refractivity contribution in [2.75, 3.05) is 5.73 Å². The number of hydrogen-bond donors (Lipinski definition) is 3. The Kier molecular flexibility index (Phi) is 3.08. The number of nitrogens with zero attached hydrogens (tertiary/aromatic N) is 1. The molecule has 0 spiro atoms. The van der Waals surface area contributed by atoms with Gasteiger partial charge in [0.15, 0.2) is 0 Å². The first-order chi connectivity index (χ1) is 8.25. The molecule has 4 N–H and O–H groups in total. The Morgan fingerprint density at radius 1 is 1.56 bits per heavy atom. The maximum Gasteiger partial charge on any atom is 0.244 e. The molecule has 2 atom stereocenters. The lowest BCUT2D eigenvalue weighted by Gasteiger charge is -2.49. The van der Waals surface area contributed by atoms with E-state index < -0.39 is 21.5 Å². The van der Waals surface area contributed by atoms with E-state index in [1.807, 2.05) is 13.8 Å². The topological polar surface area (TPSA) is 105 Å². The molecule has 1 aliphatic carbocycles. The molecule has 7 heteroatoms. The van der Waals surface area contributed by atoms with Gasteiger partial charge in [0.25, 0.3) is 0 Å². The summed E-state index contributed by atoms with van der Waals surface area (Å²) in [6.45, 7) is 3.64. The van der Waals surface area contributed by atoms with E-state index in [-0.39, 0.29) is 16.8 Å². The number of rotatable bonds is 3. The molecule has 1 saturated carbocycles. The summed E-state index contributed by atoms with van der Waals surface area (Å²) in [5, 5.41) is 9.60. The van der Waals surface area contributed by atoms with E-state index in [1.165, 1.54) is 18.3 Å². The van der Waals surface area contributed by atoms with Gasteiger partial charge in [-0.15, -0.1) is 0 Å². The lowest BCUT2D eigenvalue weighted by molar-refractivity contribution is -0.0645. The van der Waals surface area contributed by atoms with Crippen LogP contribution in [-0.4, -0.2) is 30.7 Å². The summed E-state index contributed by atoms with van der Waals surface area (Å²) in [5.74, 6) is -0.0253. The van der Waals surface area contributed by atoms with Gasteiger partial charge in [-0.3, -0.25) is 0 Å². The van der Waals surface area contributed by atoms with E-state index in [0.717, 1.165) is 0 Å². The van der Waals surface area contributed by atoms with E-state index in [4.69, 9.17) is 5.73 Å². The standard InChI is InChI=1S/C11H17N3O3S/c1-11(2)8(6-9(11)15)14-18(16,17)7-4-3-5-13-10(7)12/h3-5,8-9,14-15H,6H2,1-2H3,(H2,12,13). The Bertz CT molecular complexity index is 556. The lowest BCUT2D eigenvalue weighted by Crippen LogP contribution is -2.61. The van der Waals surface area contributed by atoms with Crippen LogP contribution in [0.4, 0.5) is 5.82 Å². The Hall–Kier alpha value is -1.18. The van der Waals surface area contributed by atoms with Crippen molar-refractivity contribution in [2.24, 2.45) is 5.41 Å². The van der Waals surface area contributed by atoms with Gasteiger partial charge in [-0.05, 0) is 18.6 Å². The van der Waals surface area contributed by atoms with Crippen LogP contribution in [0.1, 0.15) is 20.3 Å². The van der Waals surface area contributed by atoms with Crippen LogP contribution in [0.2, 0.25) is 0 Å². The summed E-state index contributed by atoms with van der Waals surface area (Å²) in [4.78, 5) is 3.73. The van der Waals surface area contributed by atoms with E-state index in [0.29, 0.717) is 6.42 Å². The fraction of sp³-hybridized carbons (Fsp3) is 0.545. The summed E-state index contributed by atoms with van der Waals surface area (Å²) in [5.41, 5.74) is 5.09. The van der Waals surface area contributed by atoms with Gasteiger partial charge in [0.05, 0.1) is 6.10 Å². The lowest BCUT2D eigenvalue weighted by atomic mass is 9.65. The molecule has 2 unspecified atom stereocenters. The van der Waals surface area contributed by atoms with Crippen LogP contribution in [0.5, 0.6) is 0 Å². The maximum absolute atomic E-state index is 12.1. The van der Waals surface area contributed by atoms with Crippen molar-refractivity contribution in [1.29, 1.82) is 0 Å². The third-order valence-corrected chi connectivity index (χ3v) is 5.12. The predicted octanol–water partition coefficient (Wildman–Crippen LogP) is 0.102. The van der Waals surface area contributed by atoms with Crippen molar-refractivity contribution in [2.45, 2.75) is 37.3 Å². The number of aliphatic hydroxyl groups is 1. The van der Waals surface area contributed by atoms with Crippen LogP contribution < -0.4 is 10.5 Å². The molecule has 18 heavy (non-hydrogen) atoms. The molecule has 0 saturated heterocycles. The molecule has 1 aromatic rings. The molecule has 1 aliphatic rings. The normalized spacial score (nSPS) is 26.6. The zero-order valence-electron chi connectivity index (χ0n) is 10.3. The number of aliphatic hydroxyl groups excluding tert-OH is 1. The van der Waals surface area contributed by atoms with Crippen LogP contribution >= 0.6 is 0 Å². The molecule has 2 rings (SSSR count). The number of sulfonamides is 1. The third-order valence-electron chi connectivity index (χ3n) is 3.60. The molecular formula is C11H17N3O3S. The van der Waals surface area contributed by atoms with E-state index in [2.05, 4.69) is 9.71 Å². The van der Waals surface area contributed by atoms with Gasteiger partial charge in [-0.2, -0.15) is 0 Å². The van der Waals surface area contributed by atoms with Gasteiger partial charge in [-0.1, -0.05) is 13.8 Å². The highest BCUT2D eigenvalue weighted by molar-refractivity contribution is 7.89. The van der Waals surface area contributed by atoms with Crippen molar-refractivity contribution >= 4 is 15.8 Å². The summed E-state index contributed by atoms with van der Waals surface area (Å²) in [7, 11) is -3.69. The van der Waals surface area contributed by atoms with Crippen LogP contribution in [0.15, 0.2) is 23.2 Å². The van der Waals surface area contributed by atoms with E-state index >= 15 is 0 Å². The molecule has 0 aliphatic heterocycles. The second-order valence-electron chi connectivity index (χ2n) is 5.13. The third kappa shape index (κ3) is 2.09. The molecule has 0 bridgehead atoms. The molecule has 1 fully saturated rings. The van der Waals surface area contributed by atoms with Gasteiger partial charge in [0.1, 0.15) is 10.7 Å². The number of nitrogens with two attached hydrogens (primary N) is 1. The predicted molar refractivity (Wildman–Crippen MR) is 67.2 cm³/mol. The summed E-state index contributed by atoms with van der Waals surface area (Å²) in [6, 6.07) is 2.63. The highest BCUT2D eigenvalue weighted by atomic mass is 32.2. The molecule has 1 heterocycles. The highest BCUT2D eigenvalue weighted by Crippen LogP contribution is 2.41. The zero-order valence-corrected chi connectivity index (χ0v) is 11.1. The molecule has 1 aromatic heterocycles. The van der Waals surface area contributed by atoms with Crippen LogP contribution in [0.25, 0.3) is 0 Å². The zero-order chi connectivity index (χ0) is 13.6. The van der Waals surface area contributed by atoms with Crippen LogP contribution in [0.3, 0.4) is 0 Å². The van der Waals surface area contributed by atoms with Gasteiger partial charge in [-0.25, -0.2) is 18.1 Å². The number of nitrogen functional groups attached to an aromatic ring is 1. The Morgan fingerprint density at radius 3 is 2.72 bits per heavy atom. The number of anilines is 1. The smallest absolute Gasteiger partial charge is 0.244 e. The summed E-state index contributed by atoms with van der Waals surface area (Å²) < 4.78 is 26.8. The average molecular weight is 271 g/mol. The largest absolute Gasteiger partial charge is 0.392 e. The molecule has 0 radical (unpaired) electrons. The molecule has 0 amide bonds. The number of hydrogen-bond acceptors (Lipinski definition) is 5. The number of aromatic nitrogens is 1. The van der Waals surface area contributed by atoms with E-state index in [9.17, 15) is 13.5 Å². The number of nitrogens with one attached hydrogen (secondary N) is 1. The van der Waals surface area contributed by atoms with Crippen molar-refractivity contribution < 1.29 is 13.5 Å². The van der Waals surface area contributed by atoms with Crippen LogP contribution in [0, 0.1) is 5.41 Å². The SMILES string of the molecule is CC1(C)C(O)CC1NS(=O)(=O)c1cccnc1N. The van der Waals surface area contributed by atoms with Gasteiger partial charge in [0.2, 0.25) is 10.0 Å². The Morgan fingerprint density at radius 2 is 2.22 bits per heavy atom. The fourth-order valence-corrected chi connectivity index (χ4v) is 3.47. The molecular weight excluding hydrogens is 254 g/mol. The first-order valence-electron chi connectivity index (χ1n) is 5.66. The quantitative estimate of drug-likeness (QED) is 0.723. The van der Waals surface area contributed by atoms with Gasteiger partial charge in [0, 0.05) is 17.7 Å². The Labute approximate surface area is 106 Å². The number of pyridine rings is 1. The maximum atomic E-state index is 12.1. The summed E-state index contributed by atoms with van der Waals surface area (Å²) in [6.07, 6.45) is 1.36. The second-order valence-corrected chi connectivity index (χ2v) is 6.82. The summed E-state index contributed by atoms with van der Waals surface area (Å²) >= 11 is 0. The average Bonchev–Trinajstić information content (AvgIpc) is 2.29. The minimum absolute atomic E-state index is 0.0253. The monoisotopic (exact) mass is 271 g/mol. The molecule has 6 nitrogen and oxygen atoms in total. The first-order valence-corrected chi connectivity index (χ1v) is 7.14. The highest BCUT2D eigenvalue weighted by Gasteiger charge is 2.49. The van der Waals surface area contributed by atoms with Crippen molar-refractivity contribution in [1.82, 2.24) is 9.71 Å². The van der Waals surface area contributed by atoms with E-state index in [1.54, 1.807) is 0 Å². The second kappa shape index (κ2) is 4.18. The molecule has 100 valence electrons. The van der Waals surface area contributed by atoms with Crippen molar-refractivity contribution in [3.8, 4) is 0 Å². The molecule has 0 aromatic carbocycles. The minimum atomic E-state index is -3.69.